The maximum atomic E-state index is 6.30. The van der Waals surface area contributed by atoms with Gasteiger partial charge in [-0.25, -0.2) is 9.97 Å². The van der Waals surface area contributed by atoms with E-state index < -0.39 is 0 Å². The van der Waals surface area contributed by atoms with Crippen LogP contribution >= 0.6 is 0 Å². The highest BCUT2D eigenvalue weighted by atomic mass is 15.1. The van der Waals surface area contributed by atoms with E-state index in [1.54, 1.807) is 0 Å². The van der Waals surface area contributed by atoms with E-state index in [0.29, 0.717) is 11.7 Å². The van der Waals surface area contributed by atoms with Gasteiger partial charge in [-0.05, 0) is 30.4 Å². The summed E-state index contributed by atoms with van der Waals surface area (Å²) in [5, 5.41) is 1.17. The number of hydrogen-bond acceptors (Lipinski definition) is 3. The molecule has 0 fully saturated rings. The Labute approximate surface area is 150 Å². The van der Waals surface area contributed by atoms with Gasteiger partial charge < -0.3 is 10.3 Å². The van der Waals surface area contributed by atoms with Gasteiger partial charge in [-0.3, -0.25) is 0 Å². The van der Waals surface area contributed by atoms with Gasteiger partial charge in [0.2, 0.25) is 0 Å². The number of nitrogen functional groups attached to an aromatic ring is 1. The molecular weight excluding hydrogens is 308 g/mol. The molecule has 0 saturated carbocycles. The number of unbranched alkanes of at least 4 members (excludes halogenated alkanes) is 1. The Kier molecular flexibility index (Phi) is 5.26. The van der Waals surface area contributed by atoms with Crippen LogP contribution in [0.4, 0.5) is 5.82 Å². The molecule has 0 atom stereocenters. The van der Waals surface area contributed by atoms with Gasteiger partial charge >= 0.3 is 0 Å². The molecule has 0 unspecified atom stereocenters. The Bertz CT molecular complexity index is 877. The highest BCUT2D eigenvalue weighted by molar-refractivity contribution is 6.06. The van der Waals surface area contributed by atoms with E-state index in [9.17, 15) is 0 Å². The molecule has 2 aromatic heterocycles. The number of fused-ring (bicyclic) bond motifs is 3. The average molecular weight is 338 g/mol. The molecule has 0 radical (unpaired) electrons. The predicted molar refractivity (Wildman–Crippen MR) is 107 cm³/mol. The lowest BCUT2D eigenvalue weighted by atomic mass is 10.1. The Morgan fingerprint density at radius 3 is 2.56 bits per heavy atom. The van der Waals surface area contributed by atoms with Gasteiger partial charge in [0, 0.05) is 18.4 Å². The van der Waals surface area contributed by atoms with Crippen LogP contribution in [-0.2, 0) is 19.4 Å². The normalized spacial score (nSPS) is 11.9. The van der Waals surface area contributed by atoms with Crippen molar-refractivity contribution in [2.24, 2.45) is 5.92 Å². The molecule has 4 heteroatoms. The number of anilines is 1. The molecule has 0 aliphatic heterocycles. The van der Waals surface area contributed by atoms with Gasteiger partial charge in [0.05, 0.1) is 11.0 Å². The van der Waals surface area contributed by atoms with Crippen LogP contribution < -0.4 is 5.73 Å². The van der Waals surface area contributed by atoms with Gasteiger partial charge in [0.1, 0.15) is 11.3 Å². The van der Waals surface area contributed by atoms with Crippen LogP contribution in [0, 0.1) is 5.92 Å². The van der Waals surface area contributed by atoms with Crippen molar-refractivity contribution < 1.29 is 0 Å². The molecule has 3 rings (SSSR count). The van der Waals surface area contributed by atoms with Crippen LogP contribution in [0.3, 0.4) is 0 Å². The third-order valence-electron chi connectivity index (χ3n) is 4.69. The molecule has 25 heavy (non-hydrogen) atoms. The summed E-state index contributed by atoms with van der Waals surface area (Å²) in [5.41, 5.74) is 10.6. The molecule has 0 spiro atoms. The van der Waals surface area contributed by atoms with E-state index in [2.05, 4.69) is 55.4 Å². The summed E-state index contributed by atoms with van der Waals surface area (Å²) in [6.45, 7) is 9.89. The van der Waals surface area contributed by atoms with Gasteiger partial charge in [0.25, 0.3) is 0 Å². The van der Waals surface area contributed by atoms with Crippen LogP contribution in [0.2, 0.25) is 0 Å². The number of aryl methyl sites for hydroxylation is 2. The first-order valence-corrected chi connectivity index (χ1v) is 9.62. The van der Waals surface area contributed by atoms with Gasteiger partial charge in [0.15, 0.2) is 5.82 Å². The smallest absolute Gasteiger partial charge is 0.152 e. The molecule has 0 saturated heterocycles. The third kappa shape index (κ3) is 3.48. The second kappa shape index (κ2) is 7.42. The van der Waals surface area contributed by atoms with Gasteiger partial charge in [-0.15, -0.1) is 0 Å². The summed E-state index contributed by atoms with van der Waals surface area (Å²) in [6.07, 6.45) is 5.51. The fraction of sp³-hybridized carbons (Fsp3) is 0.524. The molecule has 2 N–H and O–H groups in total. The molecular formula is C21H30N4. The Morgan fingerprint density at radius 2 is 1.88 bits per heavy atom. The lowest BCUT2D eigenvalue weighted by Gasteiger charge is -2.13. The number of imidazole rings is 1. The lowest BCUT2D eigenvalue weighted by Crippen LogP contribution is -2.09. The van der Waals surface area contributed by atoms with Crippen LogP contribution in [0.1, 0.15) is 58.3 Å². The number of benzene rings is 1. The predicted octanol–water partition coefficient (Wildman–Crippen LogP) is 5.12. The van der Waals surface area contributed by atoms with Crippen molar-refractivity contribution >= 4 is 27.8 Å². The Morgan fingerprint density at radius 1 is 1.08 bits per heavy atom. The molecule has 134 valence electrons. The van der Waals surface area contributed by atoms with Crippen molar-refractivity contribution in [1.82, 2.24) is 14.5 Å². The number of nitrogens with zero attached hydrogens (tertiary/aromatic N) is 3. The summed E-state index contributed by atoms with van der Waals surface area (Å²) in [6, 6.07) is 6.62. The molecule has 2 heterocycles. The average Bonchev–Trinajstić information content (AvgIpc) is 2.92. The highest BCUT2D eigenvalue weighted by Crippen LogP contribution is 2.30. The van der Waals surface area contributed by atoms with E-state index in [4.69, 9.17) is 10.7 Å². The first-order chi connectivity index (χ1) is 12.0. The zero-order chi connectivity index (χ0) is 18.0. The fourth-order valence-electron chi connectivity index (χ4n) is 3.54. The van der Waals surface area contributed by atoms with E-state index in [-0.39, 0.29) is 0 Å². The number of aromatic nitrogens is 3. The van der Waals surface area contributed by atoms with Gasteiger partial charge in [-0.1, -0.05) is 52.7 Å². The van der Waals surface area contributed by atoms with E-state index >= 15 is 0 Å². The lowest BCUT2D eigenvalue weighted by molar-refractivity contribution is 0.513. The van der Waals surface area contributed by atoms with Crippen LogP contribution in [0.5, 0.6) is 0 Å². The zero-order valence-electron chi connectivity index (χ0n) is 16.0. The molecule has 3 aromatic rings. The summed E-state index contributed by atoms with van der Waals surface area (Å²) in [7, 11) is 0. The molecule has 1 aromatic carbocycles. The number of rotatable bonds is 7. The zero-order valence-corrected chi connectivity index (χ0v) is 16.0. The largest absolute Gasteiger partial charge is 0.382 e. The first-order valence-electron chi connectivity index (χ1n) is 9.62. The Balaban J connectivity index is 2.26. The van der Waals surface area contributed by atoms with Crippen LogP contribution in [-0.4, -0.2) is 14.5 Å². The summed E-state index contributed by atoms with van der Waals surface area (Å²) >= 11 is 0. The van der Waals surface area contributed by atoms with Crippen molar-refractivity contribution in [3.63, 3.8) is 0 Å². The molecule has 0 bridgehead atoms. The second-order valence-electron chi connectivity index (χ2n) is 7.43. The minimum Gasteiger partial charge on any atom is -0.382 e. The van der Waals surface area contributed by atoms with Crippen molar-refractivity contribution in [2.45, 2.75) is 66.3 Å². The van der Waals surface area contributed by atoms with E-state index in [0.717, 1.165) is 54.6 Å². The summed E-state index contributed by atoms with van der Waals surface area (Å²) < 4.78 is 2.38. The molecule has 4 nitrogen and oxygen atoms in total. The topological polar surface area (TPSA) is 56.7 Å². The maximum Gasteiger partial charge on any atom is 0.152 e. The fourth-order valence-corrected chi connectivity index (χ4v) is 3.54. The molecule has 0 amide bonds. The molecule has 0 aliphatic rings. The Hall–Kier alpha value is -2.10. The van der Waals surface area contributed by atoms with E-state index in [1.807, 2.05) is 0 Å². The van der Waals surface area contributed by atoms with Crippen molar-refractivity contribution in [1.29, 1.82) is 0 Å². The highest BCUT2D eigenvalue weighted by Gasteiger charge is 2.18. The van der Waals surface area contributed by atoms with Crippen LogP contribution in [0.25, 0.3) is 21.9 Å². The third-order valence-corrected chi connectivity index (χ3v) is 4.69. The minimum absolute atomic E-state index is 0.552. The second-order valence-corrected chi connectivity index (χ2v) is 7.43. The molecule has 0 aliphatic carbocycles. The quantitative estimate of drug-likeness (QED) is 0.650. The standard InChI is InChI=1S/C21H30N4/c1-5-7-9-18-24-19-20(25(18)13-14(3)4)16-11-10-15(8-6-2)12-17(16)23-21(19)22/h10-12,14H,5-9,13H2,1-4H3,(H2,22,23). The van der Waals surface area contributed by atoms with Crippen LogP contribution in [0.15, 0.2) is 18.2 Å². The van der Waals surface area contributed by atoms with Crippen molar-refractivity contribution in [3.05, 3.63) is 29.6 Å². The number of hydrogen-bond donors (Lipinski definition) is 1. The first kappa shape index (κ1) is 17.7. The SMILES string of the molecule is CCCCc1nc2c(N)nc3cc(CCC)ccc3c2n1CC(C)C. The summed E-state index contributed by atoms with van der Waals surface area (Å²) in [4.78, 5) is 9.55. The van der Waals surface area contributed by atoms with Crippen molar-refractivity contribution in [3.8, 4) is 0 Å². The number of nitrogens with two attached hydrogens (primary N) is 1. The van der Waals surface area contributed by atoms with E-state index in [1.165, 1.54) is 17.4 Å². The minimum atomic E-state index is 0.552. The van der Waals surface area contributed by atoms with Crippen molar-refractivity contribution in [2.75, 3.05) is 5.73 Å². The maximum absolute atomic E-state index is 6.30. The number of pyridine rings is 1. The van der Waals surface area contributed by atoms with Gasteiger partial charge in [-0.2, -0.15) is 0 Å². The monoisotopic (exact) mass is 338 g/mol. The summed E-state index contributed by atoms with van der Waals surface area (Å²) in [5.74, 6) is 2.25.